The largest absolute Gasteiger partial charge is 0.462 e. The Morgan fingerprint density at radius 3 is 2.56 bits per heavy atom. The lowest BCUT2D eigenvalue weighted by Gasteiger charge is -2.30. The molecular weight excluding hydrogens is 363 g/mol. The highest BCUT2D eigenvalue weighted by Crippen LogP contribution is 2.44. The third-order valence-electron chi connectivity index (χ3n) is 4.76. The molecule has 0 radical (unpaired) electrons. The maximum absolute atomic E-state index is 14.8. The van der Waals surface area contributed by atoms with Crippen molar-refractivity contribution in [2.24, 2.45) is 0 Å². The molecule has 0 bridgehead atoms. The average molecular weight is 386 g/mol. The van der Waals surface area contributed by atoms with E-state index in [9.17, 15) is 14.0 Å². The molecule has 3 rings (SSSR count). The van der Waals surface area contributed by atoms with Gasteiger partial charge in [0.2, 0.25) is 0 Å². The predicted octanol–water partition coefficient (Wildman–Crippen LogP) is 5.61. The highest BCUT2D eigenvalue weighted by atomic mass is 32.2. The van der Waals surface area contributed by atoms with Crippen LogP contribution in [0.2, 0.25) is 0 Å². The van der Waals surface area contributed by atoms with Gasteiger partial charge in [0.25, 0.3) is 0 Å². The summed E-state index contributed by atoms with van der Waals surface area (Å²) in [5, 5.41) is 0. The van der Waals surface area contributed by atoms with Gasteiger partial charge in [0.05, 0.1) is 12.2 Å². The zero-order valence-electron chi connectivity index (χ0n) is 16.0. The molecule has 27 heavy (non-hydrogen) atoms. The Morgan fingerprint density at radius 1 is 1.26 bits per heavy atom. The molecule has 2 aromatic carbocycles. The van der Waals surface area contributed by atoms with Gasteiger partial charge in [0, 0.05) is 27.5 Å². The highest BCUT2D eigenvalue weighted by molar-refractivity contribution is 8.00. The minimum absolute atomic E-state index is 0.0554. The Bertz CT molecular complexity index is 887. The Hall–Kier alpha value is -2.14. The smallest absolute Gasteiger partial charge is 0.338 e. The number of halogens is 1. The average Bonchev–Trinajstić information content (AvgIpc) is 2.60. The summed E-state index contributed by atoms with van der Waals surface area (Å²) in [6.07, 6.45) is 0.443. The van der Waals surface area contributed by atoms with E-state index in [1.165, 1.54) is 6.07 Å². The summed E-state index contributed by atoms with van der Waals surface area (Å²) in [5.41, 5.74) is 2.43. The van der Waals surface area contributed by atoms with Crippen molar-refractivity contribution in [1.29, 1.82) is 0 Å². The van der Waals surface area contributed by atoms with Gasteiger partial charge in [-0.3, -0.25) is 4.79 Å². The lowest BCUT2D eigenvalue weighted by Crippen LogP contribution is -2.25. The Morgan fingerprint density at radius 2 is 1.93 bits per heavy atom. The van der Waals surface area contributed by atoms with Crippen LogP contribution in [0, 0.1) is 5.82 Å². The van der Waals surface area contributed by atoms with Crippen molar-refractivity contribution in [1.82, 2.24) is 0 Å². The first-order chi connectivity index (χ1) is 12.7. The second-order valence-corrected chi connectivity index (χ2v) is 9.14. The van der Waals surface area contributed by atoms with Crippen LogP contribution in [-0.4, -0.2) is 23.1 Å². The van der Waals surface area contributed by atoms with Gasteiger partial charge in [-0.1, -0.05) is 19.1 Å². The summed E-state index contributed by atoms with van der Waals surface area (Å²) < 4.78 is 19.6. The maximum Gasteiger partial charge on any atom is 0.338 e. The highest BCUT2D eigenvalue weighted by Gasteiger charge is 2.33. The molecule has 0 spiro atoms. The molecule has 1 atom stereocenters. The van der Waals surface area contributed by atoms with Gasteiger partial charge in [-0.05, 0) is 56.2 Å². The lowest BCUT2D eigenvalue weighted by atomic mass is 9.89. The number of Topliss-reactive ketones (excluding diaryl/α,β-unsaturated/α-hetero) is 1. The number of ketones is 1. The molecule has 1 aliphatic heterocycles. The van der Waals surface area contributed by atoms with Crippen LogP contribution in [0.25, 0.3) is 0 Å². The van der Waals surface area contributed by atoms with Crippen molar-refractivity contribution >= 4 is 23.5 Å². The van der Waals surface area contributed by atoms with E-state index in [1.54, 1.807) is 49.0 Å². The first-order valence-electron chi connectivity index (χ1n) is 9.04. The van der Waals surface area contributed by atoms with Crippen molar-refractivity contribution < 1.29 is 18.7 Å². The monoisotopic (exact) mass is 386 g/mol. The number of benzene rings is 2. The molecule has 2 aromatic rings. The molecule has 0 saturated carbocycles. The van der Waals surface area contributed by atoms with Gasteiger partial charge in [-0.15, -0.1) is 11.8 Å². The molecule has 142 valence electrons. The number of ether oxygens (including phenoxy) is 1. The van der Waals surface area contributed by atoms with E-state index in [1.807, 2.05) is 20.8 Å². The fourth-order valence-corrected chi connectivity index (χ4v) is 4.57. The van der Waals surface area contributed by atoms with Crippen LogP contribution in [0.3, 0.4) is 0 Å². The van der Waals surface area contributed by atoms with E-state index >= 15 is 0 Å². The second-order valence-electron chi connectivity index (χ2n) is 7.40. The summed E-state index contributed by atoms with van der Waals surface area (Å²) in [6.45, 7) is 7.97. The summed E-state index contributed by atoms with van der Waals surface area (Å²) in [7, 11) is 0. The van der Waals surface area contributed by atoms with Gasteiger partial charge in [0.1, 0.15) is 5.82 Å². The van der Waals surface area contributed by atoms with Crippen molar-refractivity contribution in [3.63, 3.8) is 0 Å². The van der Waals surface area contributed by atoms with Gasteiger partial charge in [-0.2, -0.15) is 0 Å². The first kappa shape index (κ1) is 19.6. The first-order valence-corrected chi connectivity index (χ1v) is 9.86. The fraction of sp³-hybridized carbons (Fsp3) is 0.364. The topological polar surface area (TPSA) is 43.4 Å². The van der Waals surface area contributed by atoms with E-state index in [4.69, 9.17) is 4.74 Å². The van der Waals surface area contributed by atoms with Gasteiger partial charge in [0.15, 0.2) is 5.78 Å². The summed E-state index contributed by atoms with van der Waals surface area (Å²) in [6, 6.07) is 10.1. The zero-order valence-corrected chi connectivity index (χ0v) is 16.8. The standard InChI is InChI=1S/C22H23FO3S/c1-5-26-21(25)15-8-6-14(7-9-15)13(2)16-10-17-19(24)12-22(3,4)27-20(17)11-18(16)23/h6-11,13H,5,12H2,1-4H3. The number of fused-ring (bicyclic) bond motifs is 1. The summed E-state index contributed by atoms with van der Waals surface area (Å²) in [5.74, 6) is -0.866. The van der Waals surface area contributed by atoms with Gasteiger partial charge in [-0.25, -0.2) is 9.18 Å². The van der Waals surface area contributed by atoms with Gasteiger partial charge >= 0.3 is 5.97 Å². The molecule has 5 heteroatoms. The molecule has 1 heterocycles. The van der Waals surface area contributed by atoms with Crippen LogP contribution in [0.15, 0.2) is 41.3 Å². The second kappa shape index (κ2) is 7.47. The quantitative estimate of drug-likeness (QED) is 0.641. The minimum Gasteiger partial charge on any atom is -0.462 e. The Balaban J connectivity index is 1.91. The summed E-state index contributed by atoms with van der Waals surface area (Å²) >= 11 is 1.55. The third-order valence-corrected chi connectivity index (χ3v) is 6.01. The maximum atomic E-state index is 14.8. The van der Waals surface area contributed by atoms with Crippen molar-refractivity contribution in [2.75, 3.05) is 6.61 Å². The van der Waals surface area contributed by atoms with E-state index < -0.39 is 0 Å². The van der Waals surface area contributed by atoms with Crippen LogP contribution >= 0.6 is 11.8 Å². The van der Waals surface area contributed by atoms with Crippen LogP contribution in [0.5, 0.6) is 0 Å². The molecule has 3 nitrogen and oxygen atoms in total. The van der Waals surface area contributed by atoms with Crippen molar-refractivity contribution in [2.45, 2.75) is 49.7 Å². The molecule has 1 aliphatic rings. The number of carbonyl (C=O) groups is 2. The number of thioether (sulfide) groups is 1. The fourth-order valence-electron chi connectivity index (χ4n) is 3.32. The molecule has 0 saturated heterocycles. The normalized spacial score (nSPS) is 16.6. The van der Waals surface area contributed by atoms with Gasteiger partial charge < -0.3 is 4.74 Å². The SMILES string of the molecule is CCOC(=O)c1ccc(C(C)c2cc3c(cc2F)SC(C)(C)CC3=O)cc1. The van der Waals surface area contributed by atoms with Crippen LogP contribution in [-0.2, 0) is 4.74 Å². The van der Waals surface area contributed by atoms with Crippen molar-refractivity contribution in [3.05, 3.63) is 64.5 Å². The van der Waals surface area contributed by atoms with E-state index in [0.29, 0.717) is 34.6 Å². The molecule has 0 aliphatic carbocycles. The van der Waals surface area contributed by atoms with Crippen LogP contribution < -0.4 is 0 Å². The van der Waals surface area contributed by atoms with Crippen LogP contribution in [0.1, 0.15) is 71.9 Å². The number of esters is 1. The molecule has 1 unspecified atom stereocenters. The molecule has 0 amide bonds. The van der Waals surface area contributed by atoms with Crippen LogP contribution in [0.4, 0.5) is 4.39 Å². The third kappa shape index (κ3) is 4.08. The molecular formula is C22H23FO3S. The molecule has 0 N–H and O–H groups in total. The lowest BCUT2D eigenvalue weighted by molar-refractivity contribution is 0.0526. The number of carbonyl (C=O) groups excluding carboxylic acids is 2. The summed E-state index contributed by atoms with van der Waals surface area (Å²) in [4.78, 5) is 25.0. The Labute approximate surface area is 163 Å². The minimum atomic E-state index is -0.373. The van der Waals surface area contributed by atoms with E-state index in [0.717, 1.165) is 5.56 Å². The number of rotatable bonds is 4. The van der Waals surface area contributed by atoms with E-state index in [2.05, 4.69) is 0 Å². The van der Waals surface area contributed by atoms with E-state index in [-0.39, 0.29) is 28.2 Å². The molecule has 0 fully saturated rings. The number of hydrogen-bond acceptors (Lipinski definition) is 4. The molecule has 0 aromatic heterocycles. The van der Waals surface area contributed by atoms with Crippen molar-refractivity contribution in [3.8, 4) is 0 Å². The Kier molecular flexibility index (Phi) is 5.43. The predicted molar refractivity (Wildman–Crippen MR) is 105 cm³/mol. The zero-order chi connectivity index (χ0) is 19.8. The number of hydrogen-bond donors (Lipinski definition) is 0.